The van der Waals surface area contributed by atoms with Gasteiger partial charge in [-0.3, -0.25) is 4.79 Å². The molecule has 3 saturated heterocycles. The minimum absolute atomic E-state index is 0. The van der Waals surface area contributed by atoms with Crippen LogP contribution in [-0.2, 0) is 19.7 Å². The number of carbonyl (C=O) groups excluding carboxylic acids is 2. The molecule has 0 aromatic rings. The van der Waals surface area contributed by atoms with Gasteiger partial charge in [-0.1, -0.05) is 7.43 Å². The molecule has 24 heavy (non-hydrogen) atoms. The van der Waals surface area contributed by atoms with Crippen molar-refractivity contribution in [2.75, 3.05) is 61.0 Å². The standard InChI is InChI=1S/C5H9NO.C4H10N2O2S.C4H7NO2.CH4/c1-6-4-2-3-5(6)7;1-5-3-4-6(2)9(5,7)8;1-5-2-3-7-4(5)6;/h2-4H2,1H3;3-4H2,1-2H3;2-3H2,1H3;1H4. The molecule has 0 aromatic heterocycles. The van der Waals surface area contributed by atoms with Crippen molar-refractivity contribution in [3.05, 3.63) is 0 Å². The molecule has 3 rings (SSSR count). The number of amides is 2. The molecule has 0 aliphatic carbocycles. The summed E-state index contributed by atoms with van der Waals surface area (Å²) < 4.78 is 29.1. The zero-order chi connectivity index (χ0) is 17.6. The number of rotatable bonds is 0. The molecule has 3 fully saturated rings. The second kappa shape index (κ2) is 9.80. The number of nitrogens with zero attached hydrogens (tertiary/aromatic N) is 4. The van der Waals surface area contributed by atoms with Gasteiger partial charge in [0.1, 0.15) is 6.61 Å². The first-order chi connectivity index (χ1) is 10.7. The quantitative estimate of drug-likeness (QED) is 0.604. The average molecular weight is 366 g/mol. The molecule has 0 N–H and O–H groups in total. The summed E-state index contributed by atoms with van der Waals surface area (Å²) in [6, 6.07) is 0. The minimum atomic E-state index is -3.04. The molecule has 9 nitrogen and oxygen atoms in total. The maximum Gasteiger partial charge on any atom is 0.409 e. The molecular formula is C14H30N4O5S. The Morgan fingerprint density at radius 2 is 1.42 bits per heavy atom. The largest absolute Gasteiger partial charge is 0.448 e. The van der Waals surface area contributed by atoms with Crippen molar-refractivity contribution in [1.29, 1.82) is 0 Å². The van der Waals surface area contributed by atoms with Crippen LogP contribution < -0.4 is 0 Å². The van der Waals surface area contributed by atoms with Gasteiger partial charge in [-0.25, -0.2) is 4.79 Å². The van der Waals surface area contributed by atoms with E-state index >= 15 is 0 Å². The lowest BCUT2D eigenvalue weighted by molar-refractivity contribution is -0.126. The topological polar surface area (TPSA) is 90.5 Å². The number of hydrogen-bond donors (Lipinski definition) is 0. The van der Waals surface area contributed by atoms with Crippen LogP contribution in [0.1, 0.15) is 20.3 Å². The van der Waals surface area contributed by atoms with Crippen LogP contribution in [0.15, 0.2) is 0 Å². The van der Waals surface area contributed by atoms with Crippen molar-refractivity contribution in [2.45, 2.75) is 20.3 Å². The van der Waals surface area contributed by atoms with E-state index in [0.29, 0.717) is 25.6 Å². The molecule has 0 radical (unpaired) electrons. The van der Waals surface area contributed by atoms with Crippen LogP contribution in [0.5, 0.6) is 0 Å². The molecule has 0 saturated carbocycles. The fourth-order valence-electron chi connectivity index (χ4n) is 2.00. The van der Waals surface area contributed by atoms with Gasteiger partial charge < -0.3 is 14.5 Å². The minimum Gasteiger partial charge on any atom is -0.448 e. The molecule has 3 aliphatic rings. The molecule has 0 atom stereocenters. The van der Waals surface area contributed by atoms with Crippen LogP contribution in [0.2, 0.25) is 0 Å². The Bertz CT molecular complexity index is 485. The lowest BCUT2D eigenvalue weighted by atomic mass is 10.4. The third-order valence-electron chi connectivity index (χ3n) is 3.79. The molecule has 0 aromatic carbocycles. The van der Waals surface area contributed by atoms with Crippen LogP contribution in [0.25, 0.3) is 0 Å². The Labute approximate surface area is 145 Å². The van der Waals surface area contributed by atoms with Crippen molar-refractivity contribution >= 4 is 22.2 Å². The van der Waals surface area contributed by atoms with Crippen LogP contribution in [0, 0.1) is 0 Å². The fraction of sp³-hybridized carbons (Fsp3) is 0.857. The Morgan fingerprint density at radius 1 is 0.875 bits per heavy atom. The van der Waals surface area contributed by atoms with E-state index < -0.39 is 10.2 Å². The molecule has 3 aliphatic heterocycles. The van der Waals surface area contributed by atoms with Crippen LogP contribution in [-0.4, -0.2) is 99.8 Å². The Hall–Kier alpha value is -1.39. The summed E-state index contributed by atoms with van der Waals surface area (Å²) in [4.78, 5) is 24.1. The average Bonchev–Trinajstić information content (AvgIpc) is 3.12. The van der Waals surface area contributed by atoms with Gasteiger partial charge >= 0.3 is 6.09 Å². The van der Waals surface area contributed by atoms with E-state index in [0.717, 1.165) is 25.9 Å². The van der Waals surface area contributed by atoms with Gasteiger partial charge in [0.05, 0.1) is 6.54 Å². The summed E-state index contributed by atoms with van der Waals surface area (Å²) in [7, 11) is 3.69. The van der Waals surface area contributed by atoms with Crippen molar-refractivity contribution < 1.29 is 22.7 Å². The second-order valence-electron chi connectivity index (χ2n) is 5.61. The molecular weight excluding hydrogens is 336 g/mol. The predicted octanol–water partition coefficient (Wildman–Crippen LogP) is 0.0515. The molecule has 0 spiro atoms. The second-order valence-corrected chi connectivity index (χ2v) is 7.75. The summed E-state index contributed by atoms with van der Waals surface area (Å²) in [5.41, 5.74) is 0. The highest BCUT2D eigenvalue weighted by Crippen LogP contribution is 2.09. The van der Waals surface area contributed by atoms with Crippen LogP contribution >= 0.6 is 0 Å². The van der Waals surface area contributed by atoms with Crippen molar-refractivity contribution in [3.63, 3.8) is 0 Å². The maximum absolute atomic E-state index is 10.9. The molecule has 2 amide bonds. The van der Waals surface area contributed by atoms with E-state index in [1.54, 1.807) is 30.9 Å². The van der Waals surface area contributed by atoms with E-state index in [1.165, 1.54) is 8.61 Å². The summed E-state index contributed by atoms with van der Waals surface area (Å²) in [6.45, 7) is 3.46. The lowest BCUT2D eigenvalue weighted by Crippen LogP contribution is -2.27. The summed E-state index contributed by atoms with van der Waals surface area (Å²) in [6.07, 6.45) is 1.60. The highest BCUT2D eigenvalue weighted by Gasteiger charge is 2.29. The smallest absolute Gasteiger partial charge is 0.409 e. The Kier molecular flexibility index (Phi) is 9.23. The van der Waals surface area contributed by atoms with Crippen molar-refractivity contribution in [3.8, 4) is 0 Å². The maximum atomic E-state index is 10.9. The highest BCUT2D eigenvalue weighted by atomic mass is 32.2. The fourth-order valence-corrected chi connectivity index (χ4v) is 3.11. The zero-order valence-electron chi connectivity index (χ0n) is 14.2. The highest BCUT2D eigenvalue weighted by molar-refractivity contribution is 7.86. The molecule has 10 heteroatoms. The zero-order valence-corrected chi connectivity index (χ0v) is 15.0. The molecule has 3 heterocycles. The summed E-state index contributed by atoms with van der Waals surface area (Å²) >= 11 is 0. The third kappa shape index (κ3) is 6.25. The number of likely N-dealkylation sites (tertiary alicyclic amines) is 1. The van der Waals surface area contributed by atoms with Gasteiger partial charge in [0.25, 0.3) is 10.2 Å². The number of likely N-dealkylation sites (N-methyl/N-ethyl adjacent to an activating group) is 3. The number of ether oxygens (including phenoxy) is 1. The summed E-state index contributed by atoms with van der Waals surface area (Å²) in [5.74, 6) is 0.292. The van der Waals surface area contributed by atoms with E-state index in [2.05, 4.69) is 4.74 Å². The van der Waals surface area contributed by atoms with Gasteiger partial charge in [0, 0.05) is 54.2 Å². The summed E-state index contributed by atoms with van der Waals surface area (Å²) in [5, 5.41) is 0. The van der Waals surface area contributed by atoms with Crippen LogP contribution in [0.4, 0.5) is 4.79 Å². The number of hydrogen-bond acceptors (Lipinski definition) is 5. The number of carbonyl (C=O) groups is 2. The van der Waals surface area contributed by atoms with Gasteiger partial charge in [-0.2, -0.15) is 17.0 Å². The molecule has 142 valence electrons. The van der Waals surface area contributed by atoms with E-state index in [1.807, 2.05) is 7.05 Å². The van der Waals surface area contributed by atoms with Gasteiger partial charge in [-0.05, 0) is 6.42 Å². The molecule has 0 bridgehead atoms. The van der Waals surface area contributed by atoms with Gasteiger partial charge in [0.15, 0.2) is 0 Å². The van der Waals surface area contributed by atoms with E-state index in [-0.39, 0.29) is 13.5 Å². The third-order valence-corrected chi connectivity index (χ3v) is 5.73. The first kappa shape index (κ1) is 22.6. The van der Waals surface area contributed by atoms with Crippen LogP contribution in [0.3, 0.4) is 0 Å². The normalized spacial score (nSPS) is 23.0. The SMILES string of the molecule is C.CN1CCCC1=O.CN1CCN(C)S1(=O)=O.CN1CCOC1=O. The monoisotopic (exact) mass is 366 g/mol. The molecule has 0 unspecified atom stereocenters. The first-order valence-electron chi connectivity index (χ1n) is 7.45. The van der Waals surface area contributed by atoms with Gasteiger partial charge in [-0.15, -0.1) is 0 Å². The van der Waals surface area contributed by atoms with E-state index in [4.69, 9.17) is 0 Å². The van der Waals surface area contributed by atoms with Crippen molar-refractivity contribution in [1.82, 2.24) is 18.4 Å². The predicted molar refractivity (Wildman–Crippen MR) is 91.8 cm³/mol. The van der Waals surface area contributed by atoms with Crippen molar-refractivity contribution in [2.24, 2.45) is 0 Å². The van der Waals surface area contributed by atoms with Gasteiger partial charge in [0.2, 0.25) is 5.91 Å². The Morgan fingerprint density at radius 3 is 1.54 bits per heavy atom. The number of cyclic esters (lactones) is 1. The first-order valence-corrected chi connectivity index (χ1v) is 8.85. The van der Waals surface area contributed by atoms with E-state index in [9.17, 15) is 18.0 Å². The Balaban J connectivity index is 0.000000327. The lowest BCUT2D eigenvalue weighted by Gasteiger charge is -2.08.